The van der Waals surface area contributed by atoms with Crippen LogP contribution >= 0.6 is 0 Å². The van der Waals surface area contributed by atoms with E-state index in [1.807, 2.05) is 0 Å². The molecule has 0 bridgehead atoms. The highest BCUT2D eigenvalue weighted by Gasteiger charge is 2.82. The molecule has 0 aliphatic rings. The van der Waals surface area contributed by atoms with Crippen LogP contribution in [0, 0.1) is 0 Å². The fourth-order valence-electron chi connectivity index (χ4n) is 16.8. The monoisotopic (exact) mass is 2110 g/mol. The lowest BCUT2D eigenvalue weighted by Crippen LogP contribution is -2.84. The minimum absolute atomic E-state index is 1.21. The van der Waals surface area contributed by atoms with E-state index in [-0.39, 0.29) is 0 Å². The number of unbranched alkanes of at least 4 members (excludes halogenated alkanes) is 18. The number of hydrogen-bond acceptors (Lipinski definition) is 8. The van der Waals surface area contributed by atoms with Crippen molar-refractivity contribution in [2.75, 3.05) is 70.0 Å². The van der Waals surface area contributed by atoms with Crippen molar-refractivity contribution >= 4 is 28.0 Å². The smallest absolute Gasteiger partial charge is 0.357 e. The van der Waals surface area contributed by atoms with Gasteiger partial charge in [-0.25, -0.2) is 0 Å². The highest BCUT2D eigenvalue weighted by Crippen LogP contribution is 2.64. The van der Waals surface area contributed by atoms with Crippen LogP contribution in [0.1, 0.15) is 187 Å². The van der Waals surface area contributed by atoms with Gasteiger partial charge in [0.25, 0.3) is 44.8 Å². The van der Waals surface area contributed by atoms with Gasteiger partial charge in [-0.2, -0.15) is 233 Å². The van der Waals surface area contributed by atoms with Gasteiger partial charge in [-0.3, -0.25) is 0 Å². The van der Waals surface area contributed by atoms with Crippen LogP contribution in [-0.4, -0.2) is 175 Å². The fraction of sp³-hybridized carbons (Fsp3) is 0.700. The number of halogens is 48. The van der Waals surface area contributed by atoms with Gasteiger partial charge in [0, 0.05) is 56.9 Å². The Morgan fingerprint density at radius 3 is 0.362 bits per heavy atom. The molecule has 800 valence electrons. The van der Waals surface area contributed by atoms with E-state index in [2.05, 4.69) is 57.1 Å². The van der Waals surface area contributed by atoms with E-state index in [0.717, 1.165) is 0 Å². The first-order valence-electron chi connectivity index (χ1n) is 40.3. The summed E-state index contributed by atoms with van der Waals surface area (Å²) in [7, 11) is -9.70. The summed E-state index contributed by atoms with van der Waals surface area (Å²) in [4.78, 5) is 0. The van der Waals surface area contributed by atoms with E-state index >= 15 is 211 Å². The quantitative estimate of drug-likeness (QED) is 0.0267. The second-order valence-corrected chi connectivity index (χ2v) is 31.5. The normalized spacial score (nSPS) is 14.9. The van der Waals surface area contributed by atoms with Gasteiger partial charge >= 0.3 is 98.8 Å². The SMILES string of the molecule is CCCCCCCCCCCC[NH2+]CCCCCCCCCCCC.COC(c1cc([B-](c2cc(C(OC)(C(F)(F)F)C(F)(F)F)cc(C(OC)(C(F)(F)F)C(F)(F)F)c2)(c2cc(C(OC)(C(F)(F)F)C(F)(F)F)cc(C(OC)(C(F)(F)F)C(F)(F)F)c2)c2cc(C(OC)(C(F)(F)F)C(F)(F)F)cc(C(OC)(C(F)(F)F)C(F)(F)F)c2)cc(C(OC)(C(F)(F)F)C(F)(F)F)c1)(C(F)(F)F)C(F)(F)F. The first-order chi connectivity index (χ1) is 62.2. The topological polar surface area (TPSA) is 90.5 Å². The van der Waals surface area contributed by atoms with Crippen molar-refractivity contribution in [1.82, 2.24) is 0 Å². The predicted octanol–water partition coefficient (Wildman–Crippen LogP) is 26.2. The van der Waals surface area contributed by atoms with E-state index in [4.69, 9.17) is 0 Å². The highest BCUT2D eigenvalue weighted by molar-refractivity contribution is 7.20. The Bertz CT molecular complexity index is 3610. The Labute approximate surface area is 753 Å². The Morgan fingerprint density at radius 2 is 0.268 bits per heavy atom. The van der Waals surface area contributed by atoms with Gasteiger partial charge in [-0.1, -0.05) is 165 Å². The molecular weight excluding hydrogens is 2030 g/mol. The summed E-state index contributed by atoms with van der Waals surface area (Å²) in [5, 5.41) is 2.56. The Kier molecular flexibility index (Phi) is 40.0. The van der Waals surface area contributed by atoms with Gasteiger partial charge in [0.15, 0.2) is 0 Å². The van der Waals surface area contributed by atoms with Crippen molar-refractivity contribution in [3.8, 4) is 0 Å². The largest absolute Gasteiger partial charge is 0.430 e. The molecule has 0 saturated heterocycles. The van der Waals surface area contributed by atoms with Gasteiger partial charge < -0.3 is 43.2 Å². The molecule has 2 N–H and O–H groups in total. The second kappa shape index (κ2) is 44.0. The van der Waals surface area contributed by atoms with Crippen molar-refractivity contribution in [2.24, 2.45) is 0 Å². The molecule has 0 amide bonds. The Hall–Kier alpha value is -6.78. The van der Waals surface area contributed by atoms with Gasteiger partial charge in [0.1, 0.15) is 6.15 Å². The lowest BCUT2D eigenvalue weighted by Gasteiger charge is -2.50. The highest BCUT2D eigenvalue weighted by atomic mass is 19.5. The van der Waals surface area contributed by atoms with Crippen molar-refractivity contribution < 1.29 is 254 Å². The summed E-state index contributed by atoms with van der Waals surface area (Å²) in [5.74, 6) is 0. The molecule has 4 aromatic carbocycles. The molecule has 0 radical (unpaired) electrons. The molecule has 9 nitrogen and oxygen atoms in total. The minimum Gasteiger partial charge on any atom is -0.357 e. The van der Waals surface area contributed by atoms with Crippen LogP contribution in [0.25, 0.3) is 0 Å². The van der Waals surface area contributed by atoms with Crippen LogP contribution in [0.2, 0.25) is 0 Å². The zero-order valence-electron chi connectivity index (χ0n) is 73.0. The van der Waals surface area contributed by atoms with E-state index in [1.54, 1.807) is 0 Å². The maximum absolute atomic E-state index is 15.9. The third kappa shape index (κ3) is 23.1. The summed E-state index contributed by atoms with van der Waals surface area (Å²) in [6, 6.07) is -26.4. The maximum Gasteiger partial charge on any atom is 0.430 e. The molecule has 4 aromatic rings. The second-order valence-electron chi connectivity index (χ2n) is 31.5. The standard InChI is InChI=1S/C56H36BF48O8.C24H51N/c1-106-33(41(58,59)60,42(61,62)63)21-9-22(34(107-2,43(64,65)66)44(67,68)69)14-29(13-21)57(30-15-23(35(108-3,45(70,71)72)46(73,74)75)10-24(16-30)36(109-4,47(76,77)78)48(79,80)81,31-17-25(37(110-5,49(82,83)84)50(85,86)87)11-26(18-31)38(111-6,51(88,89)90)52(91,92)93)32-19-27(39(112-7,53(94,95)96)54(97,98)99)12-28(20-32)40(113-8,55(100,101)102)56(103,104)105;1-3-5-7-9-11-13-15-17-19-21-23-25-24-22-20-18-16-14-12-10-8-6-4-2/h9-20H,1-8H3;25H,3-24H2,1-2H3/q-1;/p+1. The van der Waals surface area contributed by atoms with Crippen molar-refractivity contribution in [3.05, 3.63) is 117 Å². The molecule has 0 aliphatic heterocycles. The van der Waals surface area contributed by atoms with Crippen LogP contribution < -0.4 is 27.2 Å². The number of ether oxygens (including phenoxy) is 8. The first kappa shape index (κ1) is 125. The van der Waals surface area contributed by atoms with E-state index < -0.39 is 346 Å². The van der Waals surface area contributed by atoms with E-state index in [1.165, 1.54) is 142 Å². The summed E-state index contributed by atoms with van der Waals surface area (Å²) >= 11 is 0. The zero-order valence-corrected chi connectivity index (χ0v) is 73.0. The van der Waals surface area contributed by atoms with Crippen LogP contribution in [0.15, 0.2) is 72.8 Å². The molecule has 0 saturated carbocycles. The number of rotatable bonds is 42. The van der Waals surface area contributed by atoms with Crippen molar-refractivity contribution in [3.63, 3.8) is 0 Å². The predicted molar refractivity (Wildman–Crippen MR) is 392 cm³/mol. The van der Waals surface area contributed by atoms with Crippen molar-refractivity contribution in [2.45, 2.75) is 286 Å². The third-order valence-corrected chi connectivity index (χ3v) is 23.4. The Balaban J connectivity index is 0.00000170. The van der Waals surface area contributed by atoms with Crippen molar-refractivity contribution in [1.29, 1.82) is 0 Å². The Morgan fingerprint density at radius 1 is 0.167 bits per heavy atom. The molecule has 138 heavy (non-hydrogen) atoms. The first-order valence-corrected chi connectivity index (χ1v) is 40.3. The molecule has 0 aromatic heterocycles. The summed E-state index contributed by atoms with van der Waals surface area (Å²) in [6.45, 7) is 7.34. The summed E-state index contributed by atoms with van der Waals surface area (Å²) in [5.41, 5.74) is -112. The van der Waals surface area contributed by atoms with Gasteiger partial charge in [-0.05, 0) is 94.5 Å². The van der Waals surface area contributed by atoms with Crippen LogP contribution in [0.3, 0.4) is 0 Å². The maximum atomic E-state index is 15.9. The third-order valence-electron chi connectivity index (χ3n) is 23.4. The van der Waals surface area contributed by atoms with Gasteiger partial charge in [0.05, 0.1) is 13.1 Å². The van der Waals surface area contributed by atoms with Gasteiger partial charge in [0.2, 0.25) is 0 Å². The zero-order chi connectivity index (χ0) is 108. The number of quaternary nitrogens is 1. The van der Waals surface area contributed by atoms with E-state index in [9.17, 15) is 0 Å². The molecule has 0 fully saturated rings. The molecule has 58 heteroatoms. The summed E-state index contributed by atoms with van der Waals surface area (Å²) < 4.78 is 792. The molecule has 0 spiro atoms. The van der Waals surface area contributed by atoms with Crippen LogP contribution in [0.4, 0.5) is 211 Å². The number of alkyl halides is 48. The lowest BCUT2D eigenvalue weighted by atomic mass is 9.12. The number of benzene rings is 4. The average molecular weight is 2110 g/mol. The van der Waals surface area contributed by atoms with Crippen LogP contribution in [-0.2, 0) is 82.7 Å². The number of hydrogen-bond donors (Lipinski definition) is 1. The molecule has 0 aliphatic carbocycles. The number of methoxy groups -OCH3 is 8. The number of nitrogens with two attached hydrogens (primary N) is 1. The molecule has 0 heterocycles. The minimum atomic E-state index is -8.82. The fourth-order valence-corrected chi connectivity index (χ4v) is 16.8. The molecule has 4 rings (SSSR count). The molecule has 0 unspecified atom stereocenters. The summed E-state index contributed by atoms with van der Waals surface area (Å²) in [6.07, 6.45) is -111. The van der Waals surface area contributed by atoms with Gasteiger partial charge in [-0.15, -0.1) is 0 Å². The lowest BCUT2D eigenvalue weighted by molar-refractivity contribution is -0.655. The molecular formula is C80H88BF48NO8. The van der Waals surface area contributed by atoms with E-state index in [0.29, 0.717) is 0 Å². The molecule has 0 atom stereocenters. The average Bonchev–Trinajstić information content (AvgIpc) is 0.676. The van der Waals surface area contributed by atoms with Crippen LogP contribution in [0.5, 0.6) is 0 Å².